The van der Waals surface area contributed by atoms with Crippen LogP contribution in [0.4, 0.5) is 0 Å². The van der Waals surface area contributed by atoms with Crippen LogP contribution in [0.15, 0.2) is 42.5 Å². The van der Waals surface area contributed by atoms with Crippen molar-refractivity contribution in [3.63, 3.8) is 0 Å². The lowest BCUT2D eigenvalue weighted by molar-refractivity contribution is -0.121. The summed E-state index contributed by atoms with van der Waals surface area (Å²) in [5.41, 5.74) is 8.05. The summed E-state index contributed by atoms with van der Waals surface area (Å²) in [6, 6.07) is 12.3. The number of benzene rings is 2. The van der Waals surface area contributed by atoms with E-state index in [0.717, 1.165) is 16.7 Å². The third-order valence-electron chi connectivity index (χ3n) is 4.04. The number of nitrogens with two attached hydrogens (primary N) is 1. The van der Waals surface area contributed by atoms with E-state index in [0.29, 0.717) is 16.5 Å². The fraction of sp³-hybridized carbons (Fsp3) is 0.316. The van der Waals surface area contributed by atoms with Gasteiger partial charge in [-0.1, -0.05) is 47.5 Å². The van der Waals surface area contributed by atoms with E-state index >= 15 is 0 Å². The third kappa shape index (κ3) is 5.69. The zero-order chi connectivity index (χ0) is 19.3. The molecule has 26 heavy (non-hydrogen) atoms. The molecule has 0 aliphatic heterocycles. The Morgan fingerprint density at radius 3 is 2.15 bits per heavy atom. The van der Waals surface area contributed by atoms with Crippen molar-refractivity contribution in [1.82, 2.24) is 5.32 Å². The highest BCUT2D eigenvalue weighted by molar-refractivity contribution is 6.35. The van der Waals surface area contributed by atoms with Crippen LogP contribution >= 0.6 is 23.2 Å². The van der Waals surface area contributed by atoms with Gasteiger partial charge in [-0.2, -0.15) is 0 Å². The van der Waals surface area contributed by atoms with E-state index < -0.39 is 18.2 Å². The number of aliphatic hydroxyl groups excluding tert-OH is 2. The lowest BCUT2D eigenvalue weighted by Gasteiger charge is -2.26. The molecule has 0 aromatic heterocycles. The van der Waals surface area contributed by atoms with E-state index in [1.165, 1.54) is 6.92 Å². The predicted octanol–water partition coefficient (Wildman–Crippen LogP) is 2.39. The Morgan fingerprint density at radius 2 is 1.65 bits per heavy atom. The van der Waals surface area contributed by atoms with Crippen LogP contribution in [-0.4, -0.2) is 40.9 Å². The van der Waals surface area contributed by atoms with E-state index in [1.54, 1.807) is 6.07 Å². The second-order valence-electron chi connectivity index (χ2n) is 6.17. The van der Waals surface area contributed by atoms with Gasteiger partial charge in [-0.15, -0.1) is 0 Å². The molecule has 0 radical (unpaired) electrons. The molecule has 140 valence electrons. The van der Waals surface area contributed by atoms with Crippen LogP contribution in [0.5, 0.6) is 0 Å². The molecule has 2 aromatic carbocycles. The smallest absolute Gasteiger partial charge is 0.234 e. The summed E-state index contributed by atoms with van der Waals surface area (Å²) in [7, 11) is 0. The van der Waals surface area contributed by atoms with Gasteiger partial charge >= 0.3 is 0 Å². The number of carbonyl (C=O) groups excluding carboxylic acids is 1. The monoisotopic (exact) mass is 396 g/mol. The minimum absolute atomic E-state index is 0.183. The Balaban J connectivity index is 2.18. The van der Waals surface area contributed by atoms with Gasteiger partial charge in [0.05, 0.1) is 18.7 Å². The van der Waals surface area contributed by atoms with Crippen molar-refractivity contribution >= 4 is 29.1 Å². The quantitative estimate of drug-likeness (QED) is 0.577. The third-order valence-corrected chi connectivity index (χ3v) is 4.48. The average Bonchev–Trinajstić information content (AvgIpc) is 2.60. The lowest BCUT2D eigenvalue weighted by atomic mass is 9.96. The summed E-state index contributed by atoms with van der Waals surface area (Å²) in [5.74, 6) is -0.389. The van der Waals surface area contributed by atoms with Gasteiger partial charge in [0.2, 0.25) is 5.91 Å². The van der Waals surface area contributed by atoms with Crippen LogP contribution in [-0.2, 0) is 11.2 Å². The fourth-order valence-electron chi connectivity index (χ4n) is 2.67. The molecule has 0 aliphatic rings. The molecular weight excluding hydrogens is 375 g/mol. The normalized spacial score (nSPS) is 14.5. The van der Waals surface area contributed by atoms with Gasteiger partial charge in [0.15, 0.2) is 0 Å². The fourth-order valence-corrected chi connectivity index (χ4v) is 3.19. The van der Waals surface area contributed by atoms with Gasteiger partial charge in [0.1, 0.15) is 6.10 Å². The molecule has 2 aromatic rings. The lowest BCUT2D eigenvalue weighted by Crippen LogP contribution is -2.50. The summed E-state index contributed by atoms with van der Waals surface area (Å²) >= 11 is 12.1. The van der Waals surface area contributed by atoms with Crippen LogP contribution in [0.3, 0.4) is 0 Å². The van der Waals surface area contributed by atoms with Crippen molar-refractivity contribution in [2.75, 3.05) is 6.54 Å². The van der Waals surface area contributed by atoms with E-state index in [-0.39, 0.29) is 12.5 Å². The summed E-state index contributed by atoms with van der Waals surface area (Å²) in [4.78, 5) is 11.6. The van der Waals surface area contributed by atoms with E-state index in [4.69, 9.17) is 28.9 Å². The Bertz CT molecular complexity index is 731. The van der Waals surface area contributed by atoms with Crippen molar-refractivity contribution in [3.8, 4) is 11.1 Å². The molecule has 0 bridgehead atoms. The number of halogens is 2. The summed E-state index contributed by atoms with van der Waals surface area (Å²) in [5, 5.41) is 23.6. The first-order chi connectivity index (χ1) is 12.3. The van der Waals surface area contributed by atoms with Gasteiger partial charge in [-0.3, -0.25) is 4.79 Å². The Hall–Kier alpha value is -1.63. The molecule has 5 nitrogen and oxygen atoms in total. The molecule has 7 heteroatoms. The maximum atomic E-state index is 11.6. The standard InChI is InChI=1S/C19H22Cl2N2O3/c1-11(24)19(26)17(23-18(25)10-22)6-12-2-4-13(5-3-12)14-7-15(20)9-16(21)8-14/h2-5,7-9,11,17,19,24,26H,6,10,22H2,1H3,(H,23,25). The molecule has 0 fully saturated rings. The van der Waals surface area contributed by atoms with Gasteiger partial charge in [-0.25, -0.2) is 0 Å². The second kappa shape index (κ2) is 9.35. The highest BCUT2D eigenvalue weighted by atomic mass is 35.5. The summed E-state index contributed by atoms with van der Waals surface area (Å²) in [6.07, 6.45) is -1.73. The van der Waals surface area contributed by atoms with Gasteiger partial charge in [0.25, 0.3) is 0 Å². The Kier molecular flexibility index (Phi) is 7.43. The molecule has 0 spiro atoms. The van der Waals surface area contributed by atoms with E-state index in [1.807, 2.05) is 36.4 Å². The van der Waals surface area contributed by atoms with Crippen molar-refractivity contribution in [2.24, 2.45) is 5.73 Å². The predicted molar refractivity (Wildman–Crippen MR) is 104 cm³/mol. The molecule has 3 unspecified atom stereocenters. The highest BCUT2D eigenvalue weighted by Crippen LogP contribution is 2.27. The first-order valence-electron chi connectivity index (χ1n) is 8.21. The highest BCUT2D eigenvalue weighted by Gasteiger charge is 2.25. The largest absolute Gasteiger partial charge is 0.391 e. The maximum Gasteiger partial charge on any atom is 0.234 e. The zero-order valence-electron chi connectivity index (χ0n) is 14.3. The molecule has 0 saturated heterocycles. The molecule has 5 N–H and O–H groups in total. The van der Waals surface area contributed by atoms with Crippen molar-refractivity contribution in [1.29, 1.82) is 0 Å². The number of rotatable bonds is 7. The van der Waals surface area contributed by atoms with Crippen molar-refractivity contribution in [2.45, 2.75) is 31.6 Å². The average molecular weight is 397 g/mol. The van der Waals surface area contributed by atoms with Crippen LogP contribution in [0, 0.1) is 0 Å². The zero-order valence-corrected chi connectivity index (χ0v) is 15.8. The summed E-state index contributed by atoms with van der Waals surface area (Å²) < 4.78 is 0. The number of hydrogen-bond donors (Lipinski definition) is 4. The molecule has 0 heterocycles. The molecule has 1 amide bonds. The molecule has 0 aliphatic carbocycles. The Labute approximate surface area is 162 Å². The van der Waals surface area contributed by atoms with Crippen LogP contribution in [0.25, 0.3) is 11.1 Å². The molecular formula is C19H22Cl2N2O3. The SMILES string of the molecule is CC(O)C(O)C(Cc1ccc(-c2cc(Cl)cc(Cl)c2)cc1)NC(=O)CN. The van der Waals surface area contributed by atoms with Crippen molar-refractivity contribution < 1.29 is 15.0 Å². The Morgan fingerprint density at radius 1 is 1.08 bits per heavy atom. The van der Waals surface area contributed by atoms with Crippen LogP contribution in [0.1, 0.15) is 12.5 Å². The van der Waals surface area contributed by atoms with Crippen molar-refractivity contribution in [3.05, 3.63) is 58.1 Å². The minimum atomic E-state index is -1.10. The summed E-state index contributed by atoms with van der Waals surface area (Å²) in [6.45, 7) is 1.29. The number of hydrogen-bond acceptors (Lipinski definition) is 4. The number of amides is 1. The number of nitrogens with one attached hydrogen (secondary N) is 1. The maximum absolute atomic E-state index is 11.6. The molecule has 0 saturated carbocycles. The van der Waals surface area contributed by atoms with Gasteiger partial charge in [0, 0.05) is 10.0 Å². The minimum Gasteiger partial charge on any atom is -0.391 e. The van der Waals surface area contributed by atoms with E-state index in [2.05, 4.69) is 5.32 Å². The first kappa shape index (κ1) is 20.7. The van der Waals surface area contributed by atoms with Gasteiger partial charge in [-0.05, 0) is 48.2 Å². The van der Waals surface area contributed by atoms with Crippen LogP contribution < -0.4 is 11.1 Å². The van der Waals surface area contributed by atoms with E-state index in [9.17, 15) is 15.0 Å². The topological polar surface area (TPSA) is 95.6 Å². The number of aliphatic hydroxyl groups is 2. The molecule has 3 atom stereocenters. The van der Waals surface area contributed by atoms with Gasteiger partial charge < -0.3 is 21.3 Å². The number of carbonyl (C=O) groups is 1. The second-order valence-corrected chi connectivity index (χ2v) is 7.04. The van der Waals surface area contributed by atoms with Crippen LogP contribution in [0.2, 0.25) is 10.0 Å². The first-order valence-corrected chi connectivity index (χ1v) is 8.96. The molecule has 2 rings (SSSR count).